The van der Waals surface area contributed by atoms with Crippen LogP contribution in [0.2, 0.25) is 0 Å². The summed E-state index contributed by atoms with van der Waals surface area (Å²) in [5.41, 5.74) is 1.99. The standard InChI is InChI=1S/C21H22N2O5S/c1-14-2-5-17(6-3-14)29(26,27)23-10-8-15(9-11-23)21(25)16-4-7-19-18(12-16)22-20(24)13-28-19/h2-7,12,15H,8-11,13H2,1H3,(H,22,24). The SMILES string of the molecule is Cc1ccc(S(=O)(=O)N2CCC(C(=O)c3ccc4c(c3)NC(=O)CO4)CC2)cc1. The molecule has 4 rings (SSSR count). The predicted octanol–water partition coefficient (Wildman–Crippen LogP) is 2.61. The first-order chi connectivity index (χ1) is 13.8. The number of anilines is 1. The second kappa shape index (κ2) is 7.61. The molecule has 2 aromatic carbocycles. The molecule has 7 nitrogen and oxygen atoms in total. The van der Waals surface area contributed by atoms with Crippen LogP contribution in [0.4, 0.5) is 5.69 Å². The number of Topliss-reactive ketones (excluding diaryl/α,β-unsaturated/α-hetero) is 1. The molecular formula is C21H22N2O5S. The number of nitrogens with one attached hydrogen (secondary N) is 1. The molecular weight excluding hydrogens is 392 g/mol. The summed E-state index contributed by atoms with van der Waals surface area (Å²) >= 11 is 0. The zero-order valence-electron chi connectivity index (χ0n) is 16.1. The van der Waals surface area contributed by atoms with Crippen LogP contribution in [0.1, 0.15) is 28.8 Å². The van der Waals surface area contributed by atoms with E-state index in [1.54, 1.807) is 42.5 Å². The normalized spacial score (nSPS) is 17.9. The average Bonchev–Trinajstić information content (AvgIpc) is 2.73. The molecule has 1 saturated heterocycles. The Hall–Kier alpha value is -2.71. The van der Waals surface area contributed by atoms with E-state index in [9.17, 15) is 18.0 Å². The number of rotatable bonds is 4. The zero-order valence-corrected chi connectivity index (χ0v) is 16.9. The maximum Gasteiger partial charge on any atom is 0.262 e. The molecule has 0 aromatic heterocycles. The Bertz CT molecular complexity index is 1050. The number of ketones is 1. The molecule has 0 spiro atoms. The van der Waals surface area contributed by atoms with E-state index in [0.717, 1.165) is 5.56 Å². The van der Waals surface area contributed by atoms with Crippen molar-refractivity contribution in [2.75, 3.05) is 25.0 Å². The third-order valence-corrected chi connectivity index (χ3v) is 7.29. The van der Waals surface area contributed by atoms with Crippen LogP contribution < -0.4 is 10.1 Å². The van der Waals surface area contributed by atoms with Crippen LogP contribution in [0.25, 0.3) is 0 Å². The summed E-state index contributed by atoms with van der Waals surface area (Å²) < 4.78 is 32.4. The lowest BCUT2D eigenvalue weighted by atomic mass is 9.89. The summed E-state index contributed by atoms with van der Waals surface area (Å²) in [4.78, 5) is 24.7. The van der Waals surface area contributed by atoms with E-state index in [0.29, 0.717) is 42.9 Å². The number of carbonyl (C=O) groups excluding carboxylic acids is 2. The van der Waals surface area contributed by atoms with Crippen molar-refractivity contribution in [3.8, 4) is 5.75 Å². The minimum atomic E-state index is -3.55. The van der Waals surface area contributed by atoms with E-state index < -0.39 is 10.0 Å². The molecule has 2 aliphatic rings. The highest BCUT2D eigenvalue weighted by atomic mass is 32.2. The number of amides is 1. The Balaban J connectivity index is 1.44. The summed E-state index contributed by atoms with van der Waals surface area (Å²) in [7, 11) is -3.55. The Morgan fingerprint density at radius 3 is 2.48 bits per heavy atom. The molecule has 29 heavy (non-hydrogen) atoms. The third-order valence-electron chi connectivity index (χ3n) is 5.38. The van der Waals surface area contributed by atoms with Crippen molar-refractivity contribution in [1.29, 1.82) is 0 Å². The molecule has 0 atom stereocenters. The minimum absolute atomic E-state index is 0.0335. The first kappa shape index (κ1) is 19.6. The van der Waals surface area contributed by atoms with Gasteiger partial charge in [-0.3, -0.25) is 9.59 Å². The second-order valence-corrected chi connectivity index (χ2v) is 9.34. The first-order valence-electron chi connectivity index (χ1n) is 9.52. The highest BCUT2D eigenvalue weighted by Gasteiger charge is 2.32. The van der Waals surface area contributed by atoms with Crippen LogP contribution in [0.15, 0.2) is 47.4 Å². The Labute approximate surface area is 169 Å². The number of carbonyl (C=O) groups is 2. The second-order valence-electron chi connectivity index (χ2n) is 7.40. The largest absolute Gasteiger partial charge is 0.482 e. The molecule has 1 N–H and O–H groups in total. The number of ether oxygens (including phenoxy) is 1. The Morgan fingerprint density at radius 2 is 1.79 bits per heavy atom. The lowest BCUT2D eigenvalue weighted by Crippen LogP contribution is -2.40. The van der Waals surface area contributed by atoms with Gasteiger partial charge in [0.2, 0.25) is 10.0 Å². The van der Waals surface area contributed by atoms with Gasteiger partial charge in [0.05, 0.1) is 10.6 Å². The molecule has 152 valence electrons. The van der Waals surface area contributed by atoms with Crippen molar-refractivity contribution in [1.82, 2.24) is 4.31 Å². The van der Waals surface area contributed by atoms with E-state index in [-0.39, 0.29) is 29.1 Å². The smallest absolute Gasteiger partial charge is 0.262 e. The first-order valence-corrected chi connectivity index (χ1v) is 11.0. The monoisotopic (exact) mass is 414 g/mol. The quantitative estimate of drug-likeness (QED) is 0.777. The van der Waals surface area contributed by atoms with Gasteiger partial charge in [0.15, 0.2) is 12.4 Å². The van der Waals surface area contributed by atoms with Crippen LogP contribution >= 0.6 is 0 Å². The van der Waals surface area contributed by atoms with Gasteiger partial charge < -0.3 is 10.1 Å². The fourth-order valence-corrected chi connectivity index (χ4v) is 5.16. The molecule has 0 bridgehead atoms. The van der Waals surface area contributed by atoms with Crippen molar-refractivity contribution in [2.45, 2.75) is 24.7 Å². The number of aryl methyl sites for hydroxylation is 1. The number of piperidine rings is 1. The maximum absolute atomic E-state index is 12.9. The molecule has 1 fully saturated rings. The molecule has 0 aliphatic carbocycles. The molecule has 0 saturated carbocycles. The molecule has 2 heterocycles. The van der Waals surface area contributed by atoms with Gasteiger partial charge in [0.1, 0.15) is 5.75 Å². The summed E-state index contributed by atoms with van der Waals surface area (Å²) in [6.45, 7) is 2.48. The number of hydrogen-bond acceptors (Lipinski definition) is 5. The lowest BCUT2D eigenvalue weighted by molar-refractivity contribution is -0.118. The summed E-state index contributed by atoms with van der Waals surface area (Å²) in [5.74, 6) is -0.00499. The van der Waals surface area contributed by atoms with Gasteiger partial charge >= 0.3 is 0 Å². The van der Waals surface area contributed by atoms with Gasteiger partial charge in [-0.15, -0.1) is 0 Å². The van der Waals surface area contributed by atoms with Gasteiger partial charge in [-0.1, -0.05) is 17.7 Å². The summed E-state index contributed by atoms with van der Waals surface area (Å²) in [6.07, 6.45) is 0.924. The number of benzene rings is 2. The van der Waals surface area contributed by atoms with Gasteiger partial charge in [0, 0.05) is 24.6 Å². The highest BCUT2D eigenvalue weighted by molar-refractivity contribution is 7.89. The zero-order chi connectivity index (χ0) is 20.6. The van der Waals surface area contributed by atoms with Crippen LogP contribution in [0.3, 0.4) is 0 Å². The van der Waals surface area contributed by atoms with Crippen LogP contribution in [-0.4, -0.2) is 44.1 Å². The fourth-order valence-electron chi connectivity index (χ4n) is 3.69. The maximum atomic E-state index is 12.9. The molecule has 2 aromatic rings. The minimum Gasteiger partial charge on any atom is -0.482 e. The lowest BCUT2D eigenvalue weighted by Gasteiger charge is -2.30. The Kier molecular flexibility index (Phi) is 5.14. The van der Waals surface area contributed by atoms with Gasteiger partial charge in [-0.25, -0.2) is 8.42 Å². The summed E-state index contributed by atoms with van der Waals surface area (Å²) in [5, 5.41) is 2.70. The van der Waals surface area contributed by atoms with Crippen LogP contribution in [-0.2, 0) is 14.8 Å². The number of hydrogen-bond donors (Lipinski definition) is 1. The molecule has 2 aliphatic heterocycles. The topological polar surface area (TPSA) is 92.8 Å². The molecule has 0 unspecified atom stereocenters. The van der Waals surface area contributed by atoms with Crippen LogP contribution in [0, 0.1) is 12.8 Å². The van der Waals surface area contributed by atoms with E-state index >= 15 is 0 Å². The van der Waals surface area contributed by atoms with Crippen molar-refractivity contribution in [2.24, 2.45) is 5.92 Å². The van der Waals surface area contributed by atoms with Crippen molar-refractivity contribution in [3.05, 3.63) is 53.6 Å². The number of fused-ring (bicyclic) bond motifs is 1. The number of sulfonamides is 1. The van der Waals surface area contributed by atoms with Crippen molar-refractivity contribution in [3.63, 3.8) is 0 Å². The van der Waals surface area contributed by atoms with E-state index in [1.165, 1.54) is 4.31 Å². The average molecular weight is 414 g/mol. The molecule has 1 amide bonds. The van der Waals surface area contributed by atoms with Gasteiger partial charge in [0.25, 0.3) is 5.91 Å². The van der Waals surface area contributed by atoms with E-state index in [2.05, 4.69) is 5.32 Å². The number of nitrogens with zero attached hydrogens (tertiary/aromatic N) is 1. The van der Waals surface area contributed by atoms with E-state index in [1.807, 2.05) is 6.92 Å². The predicted molar refractivity (Wildman–Crippen MR) is 108 cm³/mol. The Morgan fingerprint density at radius 1 is 1.10 bits per heavy atom. The summed E-state index contributed by atoms with van der Waals surface area (Å²) in [6, 6.07) is 11.8. The van der Waals surface area contributed by atoms with Crippen molar-refractivity contribution >= 4 is 27.4 Å². The third kappa shape index (κ3) is 3.90. The van der Waals surface area contributed by atoms with E-state index in [4.69, 9.17) is 4.74 Å². The van der Waals surface area contributed by atoms with Crippen LogP contribution in [0.5, 0.6) is 5.75 Å². The molecule has 8 heteroatoms. The highest BCUT2D eigenvalue weighted by Crippen LogP contribution is 2.31. The molecule has 0 radical (unpaired) electrons. The van der Waals surface area contributed by atoms with Gasteiger partial charge in [-0.05, 0) is 50.1 Å². The van der Waals surface area contributed by atoms with Crippen molar-refractivity contribution < 1.29 is 22.7 Å². The van der Waals surface area contributed by atoms with Gasteiger partial charge in [-0.2, -0.15) is 4.31 Å². The fraction of sp³-hybridized carbons (Fsp3) is 0.333.